The Hall–Kier alpha value is -3.94. The molecule has 1 aromatic heterocycles. The number of hydrogen-bond acceptors (Lipinski definition) is 8. The fourth-order valence-electron chi connectivity index (χ4n) is 3.41. The van der Waals surface area contributed by atoms with Crippen LogP contribution in [0, 0.1) is 0 Å². The summed E-state index contributed by atoms with van der Waals surface area (Å²) in [6.07, 6.45) is 1.22. The minimum atomic E-state index is -0.966. The standard InChI is InChI=1S/C26H28O8/c1-6-32-26(30)15(4)33-20-13-19(27)21-22(28)23(29)24(16-8-10-17(31-5)11-9-16)34-25(21)18(20)12-7-14(2)3/h7-11,13,15,27,29H,6,12H2,1-5H3. The number of benzene rings is 2. The lowest BCUT2D eigenvalue weighted by Gasteiger charge is -2.18. The zero-order valence-corrected chi connectivity index (χ0v) is 19.8. The predicted octanol–water partition coefficient (Wildman–Crippen LogP) is 4.72. The average Bonchev–Trinajstić information content (AvgIpc) is 2.80. The minimum Gasteiger partial charge on any atom is -0.507 e. The van der Waals surface area contributed by atoms with Crippen molar-refractivity contribution in [3.63, 3.8) is 0 Å². The molecule has 0 aliphatic carbocycles. The third-order valence-electron chi connectivity index (χ3n) is 5.17. The van der Waals surface area contributed by atoms with E-state index in [0.717, 1.165) is 5.57 Å². The Balaban J connectivity index is 2.28. The molecule has 34 heavy (non-hydrogen) atoms. The van der Waals surface area contributed by atoms with Gasteiger partial charge in [0.05, 0.1) is 13.7 Å². The van der Waals surface area contributed by atoms with Crippen molar-refractivity contribution >= 4 is 16.9 Å². The van der Waals surface area contributed by atoms with Gasteiger partial charge >= 0.3 is 5.97 Å². The van der Waals surface area contributed by atoms with E-state index in [9.17, 15) is 19.8 Å². The molecule has 2 N–H and O–H groups in total. The molecule has 8 heteroatoms. The average molecular weight is 469 g/mol. The summed E-state index contributed by atoms with van der Waals surface area (Å²) in [5, 5.41) is 21.1. The zero-order chi connectivity index (χ0) is 25.0. The number of ether oxygens (including phenoxy) is 3. The summed E-state index contributed by atoms with van der Waals surface area (Å²) in [4.78, 5) is 25.2. The van der Waals surface area contributed by atoms with E-state index in [4.69, 9.17) is 18.6 Å². The highest BCUT2D eigenvalue weighted by molar-refractivity contribution is 5.91. The molecule has 0 saturated carbocycles. The Labute approximate surface area is 197 Å². The molecular weight excluding hydrogens is 440 g/mol. The van der Waals surface area contributed by atoms with Crippen LogP contribution in [-0.2, 0) is 16.0 Å². The molecule has 3 rings (SSSR count). The number of fused-ring (bicyclic) bond motifs is 1. The molecule has 0 amide bonds. The Bertz CT molecular complexity index is 1280. The molecule has 1 atom stereocenters. The van der Waals surface area contributed by atoms with Crippen molar-refractivity contribution in [2.45, 2.75) is 40.2 Å². The van der Waals surface area contributed by atoms with Crippen molar-refractivity contribution in [2.24, 2.45) is 0 Å². The molecular formula is C26H28O8. The second-order valence-corrected chi connectivity index (χ2v) is 7.91. The van der Waals surface area contributed by atoms with E-state index in [1.54, 1.807) is 31.2 Å². The number of allylic oxidation sites excluding steroid dienone is 2. The normalized spacial score (nSPS) is 11.7. The van der Waals surface area contributed by atoms with Crippen molar-refractivity contribution in [3.05, 3.63) is 57.8 Å². The number of carbonyl (C=O) groups excluding carboxylic acids is 1. The molecule has 0 fully saturated rings. The summed E-state index contributed by atoms with van der Waals surface area (Å²) in [5.74, 6) is -0.938. The lowest BCUT2D eigenvalue weighted by atomic mass is 10.0. The van der Waals surface area contributed by atoms with Gasteiger partial charge in [-0.25, -0.2) is 4.79 Å². The molecule has 0 saturated heterocycles. The largest absolute Gasteiger partial charge is 0.507 e. The lowest BCUT2D eigenvalue weighted by molar-refractivity contribution is -0.150. The Morgan fingerprint density at radius 3 is 2.44 bits per heavy atom. The highest BCUT2D eigenvalue weighted by Crippen LogP contribution is 2.39. The number of rotatable bonds is 8. The summed E-state index contributed by atoms with van der Waals surface area (Å²) < 4.78 is 22.0. The third kappa shape index (κ3) is 5.01. The van der Waals surface area contributed by atoms with Gasteiger partial charge in [-0.05, 0) is 58.4 Å². The third-order valence-corrected chi connectivity index (χ3v) is 5.17. The highest BCUT2D eigenvalue weighted by atomic mass is 16.6. The fraction of sp³-hybridized carbons (Fsp3) is 0.308. The van der Waals surface area contributed by atoms with Crippen molar-refractivity contribution < 1.29 is 33.6 Å². The van der Waals surface area contributed by atoms with Crippen LogP contribution in [0.25, 0.3) is 22.3 Å². The first kappa shape index (κ1) is 24.7. The van der Waals surface area contributed by atoms with Crippen molar-refractivity contribution in [1.82, 2.24) is 0 Å². The maximum Gasteiger partial charge on any atom is 0.347 e. The van der Waals surface area contributed by atoms with Crippen LogP contribution in [0.2, 0.25) is 0 Å². The minimum absolute atomic E-state index is 0.0529. The van der Waals surface area contributed by atoms with Crippen LogP contribution in [0.3, 0.4) is 0 Å². The SMILES string of the molecule is CCOC(=O)C(C)Oc1cc(O)c2c(=O)c(O)c(-c3ccc(OC)cc3)oc2c1CC=C(C)C. The van der Waals surface area contributed by atoms with Gasteiger partial charge < -0.3 is 28.8 Å². The molecule has 0 radical (unpaired) electrons. The molecule has 0 aliphatic rings. The molecule has 8 nitrogen and oxygen atoms in total. The number of esters is 1. The molecule has 0 spiro atoms. The molecule has 3 aromatic rings. The number of hydrogen-bond donors (Lipinski definition) is 2. The van der Waals surface area contributed by atoms with Crippen LogP contribution in [0.1, 0.15) is 33.3 Å². The summed E-state index contributed by atoms with van der Waals surface area (Å²) in [6, 6.07) is 7.86. The summed E-state index contributed by atoms with van der Waals surface area (Å²) >= 11 is 0. The van der Waals surface area contributed by atoms with Gasteiger partial charge in [0.15, 0.2) is 11.9 Å². The fourth-order valence-corrected chi connectivity index (χ4v) is 3.41. The number of carbonyl (C=O) groups is 1. The van der Waals surface area contributed by atoms with E-state index in [2.05, 4.69) is 0 Å². The van der Waals surface area contributed by atoms with Gasteiger partial charge in [-0.3, -0.25) is 4.79 Å². The second kappa shape index (κ2) is 10.3. The van der Waals surface area contributed by atoms with E-state index < -0.39 is 29.0 Å². The number of phenolic OH excluding ortho intramolecular Hbond substituents is 1. The van der Waals surface area contributed by atoms with Crippen LogP contribution in [0.5, 0.6) is 23.0 Å². The van der Waals surface area contributed by atoms with Crippen LogP contribution in [-0.4, -0.2) is 36.0 Å². The van der Waals surface area contributed by atoms with Crippen LogP contribution in [0.15, 0.2) is 51.2 Å². The molecule has 2 aromatic carbocycles. The van der Waals surface area contributed by atoms with Gasteiger partial charge in [0, 0.05) is 17.2 Å². The maximum atomic E-state index is 13.1. The van der Waals surface area contributed by atoms with E-state index in [1.165, 1.54) is 20.1 Å². The van der Waals surface area contributed by atoms with Gasteiger partial charge in [0.2, 0.25) is 11.2 Å². The number of phenols is 1. The number of methoxy groups -OCH3 is 1. The first-order valence-corrected chi connectivity index (χ1v) is 10.8. The van der Waals surface area contributed by atoms with Crippen molar-refractivity contribution in [1.29, 1.82) is 0 Å². The van der Waals surface area contributed by atoms with Gasteiger partial charge in [-0.1, -0.05) is 11.6 Å². The van der Waals surface area contributed by atoms with Gasteiger partial charge in [-0.2, -0.15) is 0 Å². The number of aromatic hydroxyl groups is 2. The second-order valence-electron chi connectivity index (χ2n) is 7.91. The van der Waals surface area contributed by atoms with E-state index >= 15 is 0 Å². The van der Waals surface area contributed by atoms with E-state index in [0.29, 0.717) is 23.3 Å². The molecule has 1 unspecified atom stereocenters. The Morgan fingerprint density at radius 2 is 1.85 bits per heavy atom. The zero-order valence-electron chi connectivity index (χ0n) is 19.8. The first-order chi connectivity index (χ1) is 16.2. The monoisotopic (exact) mass is 468 g/mol. The topological polar surface area (TPSA) is 115 Å². The van der Waals surface area contributed by atoms with Crippen molar-refractivity contribution in [2.75, 3.05) is 13.7 Å². The maximum absolute atomic E-state index is 13.1. The smallest absolute Gasteiger partial charge is 0.347 e. The molecule has 1 heterocycles. The van der Waals surface area contributed by atoms with Gasteiger partial charge in [0.25, 0.3) is 0 Å². The van der Waals surface area contributed by atoms with Gasteiger partial charge in [0.1, 0.15) is 28.2 Å². The Kier molecular flexibility index (Phi) is 7.50. The van der Waals surface area contributed by atoms with Crippen LogP contribution < -0.4 is 14.9 Å². The van der Waals surface area contributed by atoms with Crippen LogP contribution >= 0.6 is 0 Å². The predicted molar refractivity (Wildman–Crippen MR) is 128 cm³/mol. The lowest BCUT2D eigenvalue weighted by Crippen LogP contribution is -2.26. The highest BCUT2D eigenvalue weighted by Gasteiger charge is 2.25. The first-order valence-electron chi connectivity index (χ1n) is 10.8. The Morgan fingerprint density at radius 1 is 1.18 bits per heavy atom. The van der Waals surface area contributed by atoms with E-state index in [-0.39, 0.29) is 29.1 Å². The molecule has 180 valence electrons. The summed E-state index contributed by atoms with van der Waals surface area (Å²) in [5.41, 5.74) is 1.15. The van der Waals surface area contributed by atoms with Gasteiger partial charge in [-0.15, -0.1) is 0 Å². The summed E-state index contributed by atoms with van der Waals surface area (Å²) in [7, 11) is 1.53. The van der Waals surface area contributed by atoms with E-state index in [1.807, 2.05) is 19.9 Å². The quantitative estimate of drug-likeness (QED) is 0.360. The van der Waals surface area contributed by atoms with Crippen LogP contribution in [0.4, 0.5) is 0 Å². The molecule has 0 aliphatic heterocycles. The summed E-state index contributed by atoms with van der Waals surface area (Å²) in [6.45, 7) is 7.23. The van der Waals surface area contributed by atoms with Crippen molar-refractivity contribution in [3.8, 4) is 34.3 Å². The molecule has 0 bridgehead atoms.